The number of rotatable bonds is 2. The van der Waals surface area contributed by atoms with Crippen molar-refractivity contribution in [2.75, 3.05) is 0 Å². The molecule has 4 heteroatoms. The van der Waals surface area contributed by atoms with Crippen molar-refractivity contribution in [2.24, 2.45) is 5.73 Å². The molecule has 0 radical (unpaired) electrons. The van der Waals surface area contributed by atoms with Gasteiger partial charge in [0.15, 0.2) is 0 Å². The Morgan fingerprint density at radius 1 is 1.47 bits per heavy atom. The molecule has 1 aromatic heterocycles. The van der Waals surface area contributed by atoms with Gasteiger partial charge in [-0.25, -0.2) is 9.37 Å². The van der Waals surface area contributed by atoms with Gasteiger partial charge in [0.1, 0.15) is 5.82 Å². The van der Waals surface area contributed by atoms with Crippen molar-refractivity contribution in [1.29, 1.82) is 0 Å². The zero-order valence-electron chi connectivity index (χ0n) is 8.39. The van der Waals surface area contributed by atoms with Crippen molar-refractivity contribution in [3.8, 4) is 5.69 Å². The summed E-state index contributed by atoms with van der Waals surface area (Å²) in [7, 11) is 0. The van der Waals surface area contributed by atoms with Crippen LogP contribution in [0.1, 0.15) is 18.5 Å². The van der Waals surface area contributed by atoms with E-state index in [-0.39, 0.29) is 11.9 Å². The summed E-state index contributed by atoms with van der Waals surface area (Å²) in [6.45, 7) is 1.83. The molecule has 0 aliphatic heterocycles. The molecule has 3 nitrogen and oxygen atoms in total. The van der Waals surface area contributed by atoms with Crippen LogP contribution in [-0.4, -0.2) is 9.55 Å². The number of imidazole rings is 1. The van der Waals surface area contributed by atoms with E-state index < -0.39 is 0 Å². The number of halogens is 1. The highest BCUT2D eigenvalue weighted by Crippen LogP contribution is 2.17. The van der Waals surface area contributed by atoms with Crippen LogP contribution in [0.3, 0.4) is 0 Å². The van der Waals surface area contributed by atoms with Gasteiger partial charge in [0, 0.05) is 18.4 Å². The highest BCUT2D eigenvalue weighted by molar-refractivity contribution is 5.37. The maximum absolute atomic E-state index is 13.7. The van der Waals surface area contributed by atoms with Gasteiger partial charge in [0.25, 0.3) is 0 Å². The Labute approximate surface area is 87.4 Å². The third-order valence-electron chi connectivity index (χ3n) is 2.28. The Balaban J connectivity index is 2.44. The van der Waals surface area contributed by atoms with Crippen LogP contribution in [0.25, 0.3) is 5.69 Å². The van der Waals surface area contributed by atoms with E-state index in [0.29, 0.717) is 5.69 Å². The van der Waals surface area contributed by atoms with E-state index in [4.69, 9.17) is 5.73 Å². The molecule has 2 N–H and O–H groups in total. The summed E-state index contributed by atoms with van der Waals surface area (Å²) in [5, 5.41) is 0. The topological polar surface area (TPSA) is 43.8 Å². The number of aromatic nitrogens is 2. The Morgan fingerprint density at radius 3 is 2.80 bits per heavy atom. The predicted octanol–water partition coefficient (Wildman–Crippen LogP) is 2.03. The number of hydrogen-bond acceptors (Lipinski definition) is 2. The minimum absolute atomic E-state index is 0.156. The first-order chi connectivity index (χ1) is 7.18. The third-order valence-corrected chi connectivity index (χ3v) is 2.28. The van der Waals surface area contributed by atoms with E-state index in [1.807, 2.05) is 13.0 Å². The summed E-state index contributed by atoms with van der Waals surface area (Å²) in [5.41, 5.74) is 6.94. The molecular formula is C11H12FN3. The molecule has 0 fully saturated rings. The molecule has 1 aromatic carbocycles. The third kappa shape index (κ3) is 1.89. The van der Waals surface area contributed by atoms with Crippen molar-refractivity contribution in [3.63, 3.8) is 0 Å². The fourth-order valence-electron chi connectivity index (χ4n) is 1.42. The Bertz CT molecular complexity index is 449. The summed E-state index contributed by atoms with van der Waals surface area (Å²) in [6.07, 6.45) is 4.87. The van der Waals surface area contributed by atoms with Gasteiger partial charge in [-0.1, -0.05) is 6.07 Å². The van der Waals surface area contributed by atoms with Crippen LogP contribution in [0, 0.1) is 5.82 Å². The van der Waals surface area contributed by atoms with Gasteiger partial charge in [-0.3, -0.25) is 0 Å². The van der Waals surface area contributed by atoms with E-state index in [9.17, 15) is 4.39 Å². The van der Waals surface area contributed by atoms with Gasteiger partial charge >= 0.3 is 0 Å². The second-order valence-electron chi connectivity index (χ2n) is 3.47. The van der Waals surface area contributed by atoms with E-state index in [1.165, 1.54) is 6.07 Å². The SMILES string of the molecule is C[C@H](N)c1ccc(-n2ccnc2)c(F)c1. The zero-order valence-corrected chi connectivity index (χ0v) is 8.39. The van der Waals surface area contributed by atoms with Crippen molar-refractivity contribution in [1.82, 2.24) is 9.55 Å². The van der Waals surface area contributed by atoms with Crippen molar-refractivity contribution >= 4 is 0 Å². The summed E-state index contributed by atoms with van der Waals surface area (Å²) in [6, 6.07) is 4.83. The van der Waals surface area contributed by atoms with Crippen molar-refractivity contribution in [2.45, 2.75) is 13.0 Å². The average molecular weight is 205 g/mol. The largest absolute Gasteiger partial charge is 0.324 e. The highest BCUT2D eigenvalue weighted by Gasteiger charge is 2.07. The molecule has 0 amide bonds. The summed E-state index contributed by atoms with van der Waals surface area (Å²) in [4.78, 5) is 3.87. The van der Waals surface area contributed by atoms with Crippen LogP contribution in [0.15, 0.2) is 36.9 Å². The lowest BCUT2D eigenvalue weighted by Gasteiger charge is -2.08. The zero-order chi connectivity index (χ0) is 10.8. The van der Waals surface area contributed by atoms with Crippen molar-refractivity contribution < 1.29 is 4.39 Å². The molecule has 0 saturated carbocycles. The van der Waals surface area contributed by atoms with Gasteiger partial charge in [-0.2, -0.15) is 0 Å². The Kier molecular flexibility index (Phi) is 2.51. The molecule has 15 heavy (non-hydrogen) atoms. The number of nitrogens with zero attached hydrogens (tertiary/aromatic N) is 2. The first-order valence-corrected chi connectivity index (χ1v) is 4.72. The van der Waals surface area contributed by atoms with Gasteiger partial charge in [-0.05, 0) is 24.6 Å². The standard InChI is InChI=1S/C11H12FN3/c1-8(13)9-2-3-11(10(12)6-9)15-5-4-14-7-15/h2-8H,13H2,1H3/t8-/m0/s1. The van der Waals surface area contributed by atoms with E-state index in [0.717, 1.165) is 5.56 Å². The summed E-state index contributed by atoms with van der Waals surface area (Å²) >= 11 is 0. The number of benzene rings is 1. The van der Waals surface area contributed by atoms with Crippen LogP contribution >= 0.6 is 0 Å². The molecule has 78 valence electrons. The maximum atomic E-state index is 13.7. The molecule has 0 spiro atoms. The molecule has 2 aromatic rings. The first-order valence-electron chi connectivity index (χ1n) is 4.72. The van der Waals surface area contributed by atoms with Crippen LogP contribution in [0.2, 0.25) is 0 Å². The van der Waals surface area contributed by atoms with E-state index in [1.54, 1.807) is 29.4 Å². The molecule has 0 unspecified atom stereocenters. The Morgan fingerprint density at radius 2 is 2.27 bits per heavy atom. The van der Waals surface area contributed by atoms with Gasteiger partial charge < -0.3 is 10.3 Å². The second-order valence-corrected chi connectivity index (χ2v) is 3.47. The van der Waals surface area contributed by atoms with E-state index in [2.05, 4.69) is 4.98 Å². The second kappa shape index (κ2) is 3.82. The Hall–Kier alpha value is -1.68. The van der Waals surface area contributed by atoms with Crippen LogP contribution in [0.4, 0.5) is 4.39 Å². The summed E-state index contributed by atoms with van der Waals surface area (Å²) < 4.78 is 15.3. The molecule has 0 bridgehead atoms. The van der Waals surface area contributed by atoms with E-state index >= 15 is 0 Å². The molecule has 0 saturated heterocycles. The maximum Gasteiger partial charge on any atom is 0.147 e. The van der Waals surface area contributed by atoms with Crippen LogP contribution in [0.5, 0.6) is 0 Å². The highest BCUT2D eigenvalue weighted by atomic mass is 19.1. The monoisotopic (exact) mass is 205 g/mol. The lowest BCUT2D eigenvalue weighted by Crippen LogP contribution is -2.06. The number of nitrogens with two attached hydrogens (primary N) is 1. The van der Waals surface area contributed by atoms with Gasteiger partial charge in [-0.15, -0.1) is 0 Å². The van der Waals surface area contributed by atoms with Gasteiger partial charge in [0.2, 0.25) is 0 Å². The summed E-state index contributed by atoms with van der Waals surface area (Å²) in [5.74, 6) is -0.289. The minimum atomic E-state index is -0.289. The van der Waals surface area contributed by atoms with Crippen LogP contribution in [-0.2, 0) is 0 Å². The van der Waals surface area contributed by atoms with Crippen molar-refractivity contribution in [3.05, 3.63) is 48.3 Å². The van der Waals surface area contributed by atoms with Crippen LogP contribution < -0.4 is 5.73 Å². The minimum Gasteiger partial charge on any atom is -0.324 e. The normalized spacial score (nSPS) is 12.7. The average Bonchev–Trinajstić information content (AvgIpc) is 2.70. The lowest BCUT2D eigenvalue weighted by molar-refractivity contribution is 0.613. The fourth-order valence-corrected chi connectivity index (χ4v) is 1.42. The quantitative estimate of drug-likeness (QED) is 0.815. The predicted molar refractivity (Wildman–Crippen MR) is 56.1 cm³/mol. The van der Waals surface area contributed by atoms with Gasteiger partial charge in [0.05, 0.1) is 12.0 Å². The fraction of sp³-hybridized carbons (Fsp3) is 0.182. The molecule has 1 heterocycles. The molecule has 0 aliphatic carbocycles. The first kappa shape index (κ1) is 9.86. The molecule has 2 rings (SSSR count). The molecule has 0 aliphatic rings. The smallest absolute Gasteiger partial charge is 0.147 e. The molecule has 1 atom stereocenters. The molecular weight excluding hydrogens is 193 g/mol. The lowest BCUT2D eigenvalue weighted by atomic mass is 10.1. The number of hydrogen-bond donors (Lipinski definition) is 1.